The van der Waals surface area contributed by atoms with E-state index in [2.05, 4.69) is 9.89 Å². The molecule has 0 spiro atoms. The summed E-state index contributed by atoms with van der Waals surface area (Å²) < 4.78 is 1.96. The Balaban J connectivity index is 1.89. The number of amidine groups is 2. The highest BCUT2D eigenvalue weighted by atomic mass is 16.3. The van der Waals surface area contributed by atoms with Gasteiger partial charge in [-0.3, -0.25) is 19.5 Å². The van der Waals surface area contributed by atoms with E-state index >= 15 is 0 Å². The van der Waals surface area contributed by atoms with Crippen LogP contribution in [-0.2, 0) is 4.79 Å². The number of imide groups is 1. The molecule has 132 valence electrons. The molecule has 24 heavy (non-hydrogen) atoms. The SMILES string of the molecule is CN1C(=O)C2C(=NC(CN3CCCCC3)=[N+]2CCCO)N(C)C1=O. The number of carbonyl (C=O) groups excluding carboxylic acids is 2. The molecule has 1 atom stereocenters. The van der Waals surface area contributed by atoms with Gasteiger partial charge in [0.2, 0.25) is 0 Å². The van der Waals surface area contributed by atoms with Gasteiger partial charge in [0.15, 0.2) is 0 Å². The van der Waals surface area contributed by atoms with Crippen molar-refractivity contribution < 1.29 is 19.3 Å². The van der Waals surface area contributed by atoms with E-state index in [1.807, 2.05) is 4.58 Å². The average molecular weight is 336 g/mol. The standard InChI is InChI=1S/C16H26N5O3/c1-18-14-13(15(23)19(2)16(18)24)21(9-6-10-22)12(17-14)11-20-7-4-3-5-8-20/h13,22H,3-11H2,1-2H3/q+1. The lowest BCUT2D eigenvalue weighted by Crippen LogP contribution is -2.61. The summed E-state index contributed by atoms with van der Waals surface area (Å²) in [4.78, 5) is 34.4. The molecule has 2 fully saturated rings. The fourth-order valence-electron chi connectivity index (χ4n) is 3.59. The van der Waals surface area contributed by atoms with E-state index in [1.165, 1.54) is 31.2 Å². The first-order chi connectivity index (χ1) is 11.5. The number of aliphatic hydroxyl groups is 1. The third-order valence-electron chi connectivity index (χ3n) is 4.98. The summed E-state index contributed by atoms with van der Waals surface area (Å²) in [5, 5.41) is 9.20. The van der Waals surface area contributed by atoms with Crippen LogP contribution in [0.4, 0.5) is 4.79 Å². The zero-order chi connectivity index (χ0) is 17.3. The van der Waals surface area contributed by atoms with Crippen LogP contribution >= 0.6 is 0 Å². The zero-order valence-electron chi connectivity index (χ0n) is 14.4. The maximum atomic E-state index is 12.6. The minimum Gasteiger partial charge on any atom is -0.396 e. The topological polar surface area (TPSA) is 79.5 Å². The first-order valence-corrected chi connectivity index (χ1v) is 8.64. The van der Waals surface area contributed by atoms with Gasteiger partial charge in [-0.2, -0.15) is 0 Å². The van der Waals surface area contributed by atoms with Gasteiger partial charge >= 0.3 is 11.9 Å². The molecule has 3 heterocycles. The summed E-state index contributed by atoms with van der Waals surface area (Å²) >= 11 is 0. The Bertz CT molecular complexity index is 595. The molecule has 1 unspecified atom stereocenters. The van der Waals surface area contributed by atoms with E-state index in [-0.39, 0.29) is 18.5 Å². The number of aliphatic hydroxyl groups excluding tert-OH is 1. The highest BCUT2D eigenvalue weighted by molar-refractivity contribution is 6.23. The number of urea groups is 1. The van der Waals surface area contributed by atoms with E-state index in [4.69, 9.17) is 0 Å². The highest BCUT2D eigenvalue weighted by Crippen LogP contribution is 2.20. The van der Waals surface area contributed by atoms with Gasteiger partial charge in [-0.15, -0.1) is 0 Å². The Labute approximate surface area is 142 Å². The largest absolute Gasteiger partial charge is 0.396 e. The van der Waals surface area contributed by atoms with Crippen molar-refractivity contribution in [3.63, 3.8) is 0 Å². The van der Waals surface area contributed by atoms with Crippen LogP contribution in [0.5, 0.6) is 0 Å². The molecule has 3 amide bonds. The van der Waals surface area contributed by atoms with Crippen LogP contribution in [-0.4, -0.2) is 101 Å². The monoisotopic (exact) mass is 336 g/mol. The van der Waals surface area contributed by atoms with Crippen LogP contribution in [0.15, 0.2) is 4.99 Å². The van der Waals surface area contributed by atoms with Crippen LogP contribution in [0, 0.1) is 0 Å². The fraction of sp³-hybridized carbons (Fsp3) is 0.750. The lowest BCUT2D eigenvalue weighted by Gasteiger charge is -2.30. The molecule has 3 aliphatic heterocycles. The molecular weight excluding hydrogens is 310 g/mol. The Morgan fingerprint density at radius 3 is 2.54 bits per heavy atom. The van der Waals surface area contributed by atoms with Crippen molar-refractivity contribution in [1.29, 1.82) is 0 Å². The number of piperidine rings is 1. The lowest BCUT2D eigenvalue weighted by atomic mass is 10.1. The van der Waals surface area contributed by atoms with Gasteiger partial charge in [-0.05, 0) is 30.9 Å². The van der Waals surface area contributed by atoms with Crippen molar-refractivity contribution in [2.75, 3.05) is 46.9 Å². The first-order valence-electron chi connectivity index (χ1n) is 8.64. The Hall–Kier alpha value is -1.80. The van der Waals surface area contributed by atoms with Crippen LogP contribution in [0.25, 0.3) is 0 Å². The van der Waals surface area contributed by atoms with Crippen molar-refractivity contribution in [1.82, 2.24) is 14.7 Å². The number of likely N-dealkylation sites (N-methyl/N-ethyl adjacent to an activating group) is 2. The van der Waals surface area contributed by atoms with Crippen molar-refractivity contribution in [2.45, 2.75) is 31.7 Å². The molecular formula is C16H26N5O3+. The average Bonchev–Trinajstić information content (AvgIpc) is 2.95. The molecule has 0 aromatic carbocycles. The van der Waals surface area contributed by atoms with Crippen molar-refractivity contribution >= 4 is 23.6 Å². The zero-order valence-corrected chi connectivity index (χ0v) is 14.4. The summed E-state index contributed by atoms with van der Waals surface area (Å²) in [5.74, 6) is 1.09. The van der Waals surface area contributed by atoms with Gasteiger partial charge in [-0.25, -0.2) is 9.37 Å². The predicted molar refractivity (Wildman–Crippen MR) is 89.3 cm³/mol. The molecule has 1 N–H and O–H groups in total. The minimum atomic E-state index is -0.552. The third-order valence-corrected chi connectivity index (χ3v) is 4.98. The van der Waals surface area contributed by atoms with Gasteiger partial charge in [0.05, 0.1) is 6.54 Å². The number of aliphatic imine (C=N–C) groups is 1. The second-order valence-corrected chi connectivity index (χ2v) is 6.63. The van der Waals surface area contributed by atoms with E-state index in [0.29, 0.717) is 25.3 Å². The molecule has 3 rings (SSSR count). The number of amides is 3. The van der Waals surface area contributed by atoms with Crippen molar-refractivity contribution in [2.24, 2.45) is 4.99 Å². The maximum Gasteiger partial charge on any atom is 0.333 e. The van der Waals surface area contributed by atoms with Crippen LogP contribution in [0.3, 0.4) is 0 Å². The number of nitrogens with zero attached hydrogens (tertiary/aromatic N) is 5. The molecule has 0 aromatic rings. The van der Waals surface area contributed by atoms with Gasteiger partial charge < -0.3 is 5.11 Å². The smallest absolute Gasteiger partial charge is 0.333 e. The summed E-state index contributed by atoms with van der Waals surface area (Å²) in [6.45, 7) is 3.38. The molecule has 0 aliphatic carbocycles. The van der Waals surface area contributed by atoms with E-state index in [1.54, 1.807) is 7.05 Å². The predicted octanol–water partition coefficient (Wildman–Crippen LogP) is -0.430. The Morgan fingerprint density at radius 1 is 1.17 bits per heavy atom. The van der Waals surface area contributed by atoms with Gasteiger partial charge in [0.1, 0.15) is 6.54 Å². The molecule has 0 saturated carbocycles. The fourth-order valence-corrected chi connectivity index (χ4v) is 3.59. The second-order valence-electron chi connectivity index (χ2n) is 6.63. The molecule has 0 aromatic heterocycles. The quantitative estimate of drug-likeness (QED) is 0.691. The Morgan fingerprint density at radius 2 is 1.88 bits per heavy atom. The van der Waals surface area contributed by atoms with Crippen molar-refractivity contribution in [3.05, 3.63) is 0 Å². The number of rotatable bonds is 5. The molecule has 8 nitrogen and oxygen atoms in total. The second kappa shape index (κ2) is 6.98. The first kappa shape index (κ1) is 17.0. The maximum absolute atomic E-state index is 12.6. The summed E-state index contributed by atoms with van der Waals surface area (Å²) in [5.41, 5.74) is 0. The number of likely N-dealkylation sites (tertiary alicyclic amines) is 1. The molecule has 3 aliphatic rings. The van der Waals surface area contributed by atoms with Crippen LogP contribution in [0.2, 0.25) is 0 Å². The molecule has 2 saturated heterocycles. The number of hydrogen-bond donors (Lipinski definition) is 1. The normalized spacial score (nSPS) is 25.5. The summed E-state index contributed by atoms with van der Waals surface area (Å²) in [7, 11) is 3.16. The van der Waals surface area contributed by atoms with E-state index in [9.17, 15) is 14.7 Å². The number of fused-ring (bicyclic) bond motifs is 1. The van der Waals surface area contributed by atoms with Crippen LogP contribution in [0.1, 0.15) is 25.7 Å². The van der Waals surface area contributed by atoms with E-state index < -0.39 is 6.04 Å². The van der Waals surface area contributed by atoms with E-state index in [0.717, 1.165) is 23.8 Å². The molecule has 0 radical (unpaired) electrons. The summed E-state index contributed by atoms with van der Waals surface area (Å²) in [6.07, 6.45) is 4.20. The van der Waals surface area contributed by atoms with Gasteiger partial charge in [0.25, 0.3) is 17.8 Å². The lowest BCUT2D eigenvalue weighted by molar-refractivity contribution is -0.537. The Kier molecular flexibility index (Phi) is 4.96. The van der Waals surface area contributed by atoms with Crippen LogP contribution < -0.4 is 0 Å². The third kappa shape index (κ3) is 2.95. The van der Waals surface area contributed by atoms with Gasteiger partial charge in [0, 0.05) is 27.1 Å². The number of carbonyl (C=O) groups is 2. The van der Waals surface area contributed by atoms with Gasteiger partial charge in [-0.1, -0.05) is 6.42 Å². The van der Waals surface area contributed by atoms with Crippen molar-refractivity contribution in [3.8, 4) is 0 Å². The minimum absolute atomic E-state index is 0.0638. The summed E-state index contributed by atoms with van der Waals surface area (Å²) in [6, 6.07) is -0.902. The highest BCUT2D eigenvalue weighted by Gasteiger charge is 2.52. The molecule has 0 bridgehead atoms. The molecule has 8 heteroatoms. The number of hydrogen-bond acceptors (Lipinski definition) is 5.